The van der Waals surface area contributed by atoms with Crippen LogP contribution in [-0.4, -0.2) is 22.4 Å². The molecule has 0 radical (unpaired) electrons. The van der Waals surface area contributed by atoms with Crippen molar-refractivity contribution in [2.24, 2.45) is 17.3 Å². The fraction of sp³-hybridized carbons (Fsp3) is 1.00. The number of rotatable bonds is 1. The maximum atomic E-state index is 10.4. The molecular formula is C15H26O2. The Kier molecular flexibility index (Phi) is 2.30. The molecule has 0 aromatic carbocycles. The van der Waals surface area contributed by atoms with Crippen LogP contribution in [0.25, 0.3) is 0 Å². The molecule has 1 spiro atoms. The van der Waals surface area contributed by atoms with E-state index in [4.69, 9.17) is 4.74 Å². The summed E-state index contributed by atoms with van der Waals surface area (Å²) in [7, 11) is 0. The highest BCUT2D eigenvalue weighted by atomic mass is 16.5. The first-order valence-electron chi connectivity index (χ1n) is 7.21. The fourth-order valence-corrected chi connectivity index (χ4v) is 5.03. The van der Waals surface area contributed by atoms with E-state index >= 15 is 0 Å². The topological polar surface area (TPSA) is 29.5 Å². The highest BCUT2D eigenvalue weighted by Gasteiger charge is 2.69. The highest BCUT2D eigenvalue weighted by molar-refractivity contribution is 5.18. The summed E-state index contributed by atoms with van der Waals surface area (Å²) in [6, 6.07) is 0. The molecule has 2 heterocycles. The summed E-state index contributed by atoms with van der Waals surface area (Å²) in [6.45, 7) is 9.12. The van der Waals surface area contributed by atoms with Crippen LogP contribution in [0.5, 0.6) is 0 Å². The summed E-state index contributed by atoms with van der Waals surface area (Å²) in [6.07, 6.45) is 5.36. The van der Waals surface area contributed by atoms with Crippen LogP contribution in [0.2, 0.25) is 0 Å². The van der Waals surface area contributed by atoms with Gasteiger partial charge in [-0.1, -0.05) is 20.8 Å². The van der Waals surface area contributed by atoms with Gasteiger partial charge < -0.3 is 9.84 Å². The van der Waals surface area contributed by atoms with E-state index in [0.29, 0.717) is 11.8 Å². The second-order valence-electron chi connectivity index (χ2n) is 7.47. The molecule has 1 unspecified atom stereocenters. The van der Waals surface area contributed by atoms with Crippen LogP contribution >= 0.6 is 0 Å². The Bertz CT molecular complexity index is 340. The first-order chi connectivity index (χ1) is 7.83. The summed E-state index contributed by atoms with van der Waals surface area (Å²) in [5.41, 5.74) is 0.00347. The van der Waals surface area contributed by atoms with Crippen LogP contribution in [0, 0.1) is 17.3 Å². The molecular weight excluding hydrogens is 212 g/mol. The lowest BCUT2D eigenvalue weighted by Crippen LogP contribution is -2.58. The molecule has 1 aliphatic carbocycles. The van der Waals surface area contributed by atoms with Crippen LogP contribution in [0.15, 0.2) is 0 Å². The van der Waals surface area contributed by atoms with Crippen LogP contribution < -0.4 is 0 Å². The largest absolute Gasteiger partial charge is 0.390 e. The Balaban J connectivity index is 2.03. The third-order valence-corrected chi connectivity index (χ3v) is 6.19. The number of hydrogen-bond donors (Lipinski definition) is 1. The summed E-state index contributed by atoms with van der Waals surface area (Å²) >= 11 is 0. The smallest absolute Gasteiger partial charge is 0.0921 e. The van der Waals surface area contributed by atoms with Crippen molar-refractivity contribution in [1.29, 1.82) is 0 Å². The minimum absolute atomic E-state index is 0.0646. The fourth-order valence-electron chi connectivity index (χ4n) is 5.03. The molecule has 3 rings (SSSR count). The minimum Gasteiger partial charge on any atom is -0.390 e. The van der Waals surface area contributed by atoms with Gasteiger partial charge in [0.05, 0.1) is 17.3 Å². The zero-order valence-corrected chi connectivity index (χ0v) is 11.6. The highest BCUT2D eigenvalue weighted by Crippen LogP contribution is 2.67. The molecule has 2 nitrogen and oxygen atoms in total. The molecule has 0 amide bonds. The number of aliphatic hydroxyl groups excluding tert-OH is 1. The van der Waals surface area contributed by atoms with Gasteiger partial charge in [-0.15, -0.1) is 0 Å². The molecule has 0 aromatic heterocycles. The van der Waals surface area contributed by atoms with E-state index in [2.05, 4.69) is 27.7 Å². The van der Waals surface area contributed by atoms with Crippen molar-refractivity contribution in [2.45, 2.75) is 77.1 Å². The SMILES string of the molecule is CC(C)[C@H]1CC[C@]2(C)C[C@H](O)[C@]3(C)CCC12O3. The molecule has 1 saturated carbocycles. The Morgan fingerprint density at radius 2 is 1.88 bits per heavy atom. The Labute approximate surface area is 105 Å². The van der Waals surface area contributed by atoms with Crippen molar-refractivity contribution in [1.82, 2.24) is 0 Å². The van der Waals surface area contributed by atoms with Crippen molar-refractivity contribution in [3.63, 3.8) is 0 Å². The molecule has 3 aliphatic rings. The third kappa shape index (κ3) is 1.29. The average molecular weight is 238 g/mol. The predicted molar refractivity (Wildman–Crippen MR) is 67.7 cm³/mol. The average Bonchev–Trinajstić information content (AvgIpc) is 2.68. The molecule has 1 N–H and O–H groups in total. The molecule has 17 heavy (non-hydrogen) atoms. The molecule has 2 bridgehead atoms. The van der Waals surface area contributed by atoms with Crippen molar-refractivity contribution in [3.05, 3.63) is 0 Å². The van der Waals surface area contributed by atoms with E-state index in [0.717, 1.165) is 19.3 Å². The maximum absolute atomic E-state index is 10.4. The Morgan fingerprint density at radius 3 is 2.53 bits per heavy atom. The summed E-state index contributed by atoms with van der Waals surface area (Å²) in [5.74, 6) is 1.37. The molecule has 3 fully saturated rings. The monoisotopic (exact) mass is 238 g/mol. The molecule has 2 heteroatoms. The molecule has 2 saturated heterocycles. The van der Waals surface area contributed by atoms with Gasteiger partial charge in [0.2, 0.25) is 0 Å². The normalized spacial score (nSPS) is 57.5. The zero-order chi connectivity index (χ0) is 12.5. The molecule has 5 atom stereocenters. The van der Waals surface area contributed by atoms with Gasteiger partial charge in [-0.05, 0) is 56.3 Å². The summed E-state index contributed by atoms with van der Waals surface area (Å²) < 4.78 is 6.54. The maximum Gasteiger partial charge on any atom is 0.0921 e. The predicted octanol–water partition coefficient (Wildman–Crippen LogP) is 3.13. The van der Waals surface area contributed by atoms with Crippen LogP contribution in [0.1, 0.15) is 59.8 Å². The minimum atomic E-state index is -0.269. The van der Waals surface area contributed by atoms with Gasteiger partial charge >= 0.3 is 0 Å². The number of fused-ring (bicyclic) bond motifs is 1. The van der Waals surface area contributed by atoms with Gasteiger partial charge in [0.25, 0.3) is 0 Å². The number of hydrogen-bond acceptors (Lipinski definition) is 2. The van der Waals surface area contributed by atoms with Crippen molar-refractivity contribution < 1.29 is 9.84 Å². The summed E-state index contributed by atoms with van der Waals surface area (Å²) in [4.78, 5) is 0. The lowest BCUT2D eigenvalue weighted by Gasteiger charge is -2.52. The van der Waals surface area contributed by atoms with E-state index in [1.54, 1.807) is 0 Å². The van der Waals surface area contributed by atoms with E-state index in [1.165, 1.54) is 12.8 Å². The lowest BCUT2D eigenvalue weighted by molar-refractivity contribution is -0.246. The van der Waals surface area contributed by atoms with Crippen LogP contribution in [0.4, 0.5) is 0 Å². The van der Waals surface area contributed by atoms with E-state index in [-0.39, 0.29) is 22.7 Å². The van der Waals surface area contributed by atoms with Gasteiger partial charge in [-0.3, -0.25) is 0 Å². The second-order valence-corrected chi connectivity index (χ2v) is 7.47. The first-order valence-corrected chi connectivity index (χ1v) is 7.21. The molecule has 0 aromatic rings. The standard InChI is InChI=1S/C15H26O2/c1-10(2)11-5-6-13(3)9-12(16)14(4)7-8-15(11,13)17-14/h10-12,16H,5-9H2,1-4H3/t11-,12+,13-,14+,15?/m1/s1. The number of aliphatic hydroxyl groups is 1. The molecule has 2 aliphatic heterocycles. The first kappa shape index (κ1) is 12.0. The Hall–Kier alpha value is -0.0800. The Morgan fingerprint density at radius 1 is 1.18 bits per heavy atom. The lowest BCUT2D eigenvalue weighted by atomic mass is 9.66. The van der Waals surface area contributed by atoms with Crippen LogP contribution in [0.3, 0.4) is 0 Å². The van der Waals surface area contributed by atoms with Crippen molar-refractivity contribution in [2.75, 3.05) is 0 Å². The van der Waals surface area contributed by atoms with Gasteiger partial charge in [0.1, 0.15) is 0 Å². The third-order valence-electron chi connectivity index (χ3n) is 6.19. The number of ether oxygens (including phenoxy) is 1. The molecule has 98 valence electrons. The van der Waals surface area contributed by atoms with Gasteiger partial charge in [-0.25, -0.2) is 0 Å². The van der Waals surface area contributed by atoms with Crippen molar-refractivity contribution in [3.8, 4) is 0 Å². The van der Waals surface area contributed by atoms with Gasteiger partial charge in [0, 0.05) is 0 Å². The van der Waals surface area contributed by atoms with Crippen molar-refractivity contribution >= 4 is 0 Å². The zero-order valence-electron chi connectivity index (χ0n) is 11.6. The van der Waals surface area contributed by atoms with Gasteiger partial charge in [0.15, 0.2) is 0 Å². The second kappa shape index (κ2) is 3.27. The van der Waals surface area contributed by atoms with E-state index in [1.807, 2.05) is 0 Å². The quantitative estimate of drug-likeness (QED) is 0.760. The van der Waals surface area contributed by atoms with Crippen LogP contribution in [-0.2, 0) is 4.74 Å². The van der Waals surface area contributed by atoms with E-state index in [9.17, 15) is 5.11 Å². The summed E-state index contributed by atoms with van der Waals surface area (Å²) in [5, 5.41) is 10.4. The van der Waals surface area contributed by atoms with Gasteiger partial charge in [-0.2, -0.15) is 0 Å². The van der Waals surface area contributed by atoms with E-state index < -0.39 is 0 Å².